The number of amidine groups is 1. The average molecular weight is 110 g/mol. The van der Waals surface area contributed by atoms with Crippen molar-refractivity contribution in [3.05, 3.63) is 0 Å². The molecular formula is C4H6N4. The first-order valence-corrected chi connectivity index (χ1v) is 2.23. The summed E-state index contributed by atoms with van der Waals surface area (Å²) in [7, 11) is 0. The molecule has 0 aromatic rings. The van der Waals surface area contributed by atoms with E-state index in [4.69, 9.17) is 11.1 Å². The zero-order chi connectivity index (χ0) is 5.98. The quantitative estimate of drug-likeness (QED) is 0.465. The SMILES string of the molecule is N=C1N=CN=C1CN. The summed E-state index contributed by atoms with van der Waals surface area (Å²) in [6, 6.07) is 0. The Hall–Kier alpha value is -1.03. The molecule has 0 aliphatic carbocycles. The molecule has 0 saturated carbocycles. The second-order valence-electron chi connectivity index (χ2n) is 1.37. The second-order valence-corrected chi connectivity index (χ2v) is 1.37. The molecule has 8 heavy (non-hydrogen) atoms. The van der Waals surface area contributed by atoms with Gasteiger partial charge in [0.25, 0.3) is 0 Å². The maximum Gasteiger partial charge on any atom is 0.169 e. The third-order valence-corrected chi connectivity index (χ3v) is 0.867. The fourth-order valence-electron chi connectivity index (χ4n) is 0.441. The molecule has 0 aromatic carbocycles. The summed E-state index contributed by atoms with van der Waals surface area (Å²) in [5.74, 6) is 0.188. The van der Waals surface area contributed by atoms with Crippen molar-refractivity contribution in [2.45, 2.75) is 0 Å². The van der Waals surface area contributed by atoms with E-state index in [0.29, 0.717) is 12.3 Å². The van der Waals surface area contributed by atoms with Crippen molar-refractivity contribution in [2.24, 2.45) is 15.7 Å². The maximum absolute atomic E-state index is 7.00. The summed E-state index contributed by atoms with van der Waals surface area (Å²) in [5.41, 5.74) is 5.73. The summed E-state index contributed by atoms with van der Waals surface area (Å²) in [6.07, 6.45) is 1.34. The molecule has 0 atom stereocenters. The van der Waals surface area contributed by atoms with Crippen molar-refractivity contribution in [3.63, 3.8) is 0 Å². The third kappa shape index (κ3) is 0.651. The lowest BCUT2D eigenvalue weighted by atomic mass is 10.4. The van der Waals surface area contributed by atoms with Crippen LogP contribution in [0.2, 0.25) is 0 Å². The molecule has 0 spiro atoms. The molecule has 0 fully saturated rings. The standard InChI is InChI=1S/C4H6N4/c5-1-3-4(6)8-2-7-3/h2,6H,1,5H2. The minimum absolute atomic E-state index is 0.188. The second kappa shape index (κ2) is 1.83. The van der Waals surface area contributed by atoms with Crippen LogP contribution >= 0.6 is 0 Å². The highest BCUT2D eigenvalue weighted by molar-refractivity contribution is 6.45. The van der Waals surface area contributed by atoms with Crippen LogP contribution in [-0.2, 0) is 0 Å². The topological polar surface area (TPSA) is 74.6 Å². The lowest BCUT2D eigenvalue weighted by Crippen LogP contribution is -2.18. The van der Waals surface area contributed by atoms with Gasteiger partial charge < -0.3 is 5.73 Å². The third-order valence-electron chi connectivity index (χ3n) is 0.867. The van der Waals surface area contributed by atoms with Gasteiger partial charge in [-0.3, -0.25) is 5.41 Å². The van der Waals surface area contributed by atoms with Gasteiger partial charge in [-0.05, 0) is 0 Å². The number of nitrogens with one attached hydrogen (secondary N) is 1. The van der Waals surface area contributed by atoms with Crippen LogP contribution in [0.3, 0.4) is 0 Å². The van der Waals surface area contributed by atoms with Crippen LogP contribution in [-0.4, -0.2) is 24.4 Å². The van der Waals surface area contributed by atoms with Gasteiger partial charge in [-0.25, -0.2) is 9.98 Å². The minimum Gasteiger partial charge on any atom is -0.325 e. The number of hydrogen-bond donors (Lipinski definition) is 2. The van der Waals surface area contributed by atoms with Crippen LogP contribution in [0.1, 0.15) is 0 Å². The minimum atomic E-state index is 0.188. The van der Waals surface area contributed by atoms with Gasteiger partial charge in [-0.1, -0.05) is 0 Å². The van der Waals surface area contributed by atoms with E-state index < -0.39 is 0 Å². The average Bonchev–Trinajstić information content (AvgIpc) is 2.14. The molecule has 4 heteroatoms. The predicted octanol–water partition coefficient (Wildman–Crippen LogP) is -0.595. The first-order valence-electron chi connectivity index (χ1n) is 2.23. The zero-order valence-electron chi connectivity index (χ0n) is 4.26. The molecule has 1 heterocycles. The van der Waals surface area contributed by atoms with Crippen LogP contribution in [0.5, 0.6) is 0 Å². The van der Waals surface area contributed by atoms with Gasteiger partial charge in [0.15, 0.2) is 5.84 Å². The van der Waals surface area contributed by atoms with Crippen molar-refractivity contribution < 1.29 is 0 Å². The Morgan fingerprint density at radius 3 is 2.75 bits per heavy atom. The Labute approximate surface area is 46.6 Å². The Balaban J connectivity index is 2.73. The van der Waals surface area contributed by atoms with E-state index >= 15 is 0 Å². The van der Waals surface area contributed by atoms with E-state index in [2.05, 4.69) is 9.98 Å². The normalized spacial score (nSPS) is 17.1. The molecule has 3 N–H and O–H groups in total. The Morgan fingerprint density at radius 1 is 1.75 bits per heavy atom. The highest BCUT2D eigenvalue weighted by atomic mass is 15.0. The van der Waals surface area contributed by atoms with Gasteiger partial charge in [-0.2, -0.15) is 0 Å². The lowest BCUT2D eigenvalue weighted by Gasteiger charge is -1.88. The van der Waals surface area contributed by atoms with Crippen molar-refractivity contribution >= 4 is 17.9 Å². The van der Waals surface area contributed by atoms with Crippen LogP contribution in [0.4, 0.5) is 0 Å². The maximum atomic E-state index is 7.00. The van der Waals surface area contributed by atoms with Gasteiger partial charge in [0.2, 0.25) is 0 Å². The van der Waals surface area contributed by atoms with Crippen molar-refractivity contribution in [2.75, 3.05) is 6.54 Å². The first kappa shape index (κ1) is 5.11. The highest BCUT2D eigenvalue weighted by Crippen LogP contribution is 1.88. The Morgan fingerprint density at radius 2 is 2.50 bits per heavy atom. The van der Waals surface area contributed by atoms with Gasteiger partial charge in [0.05, 0.1) is 5.71 Å². The molecule has 0 saturated heterocycles. The number of nitrogens with two attached hydrogens (primary N) is 1. The largest absolute Gasteiger partial charge is 0.325 e. The molecule has 1 aliphatic rings. The van der Waals surface area contributed by atoms with E-state index in [-0.39, 0.29) is 5.84 Å². The molecule has 1 aliphatic heterocycles. The van der Waals surface area contributed by atoms with Crippen LogP contribution in [0.25, 0.3) is 0 Å². The van der Waals surface area contributed by atoms with Crippen molar-refractivity contribution in [3.8, 4) is 0 Å². The van der Waals surface area contributed by atoms with E-state index in [1.54, 1.807) is 0 Å². The fourth-order valence-corrected chi connectivity index (χ4v) is 0.441. The molecule has 4 nitrogen and oxygen atoms in total. The van der Waals surface area contributed by atoms with E-state index in [0.717, 1.165) is 0 Å². The monoisotopic (exact) mass is 110 g/mol. The molecular weight excluding hydrogens is 104 g/mol. The molecule has 0 amide bonds. The fraction of sp³-hybridized carbons (Fsp3) is 0.250. The molecule has 0 radical (unpaired) electrons. The van der Waals surface area contributed by atoms with Gasteiger partial charge in [0, 0.05) is 6.54 Å². The highest BCUT2D eigenvalue weighted by Gasteiger charge is 2.05. The van der Waals surface area contributed by atoms with Crippen LogP contribution < -0.4 is 5.73 Å². The van der Waals surface area contributed by atoms with E-state index in [1.165, 1.54) is 6.34 Å². The van der Waals surface area contributed by atoms with Gasteiger partial charge in [-0.15, -0.1) is 0 Å². The summed E-state index contributed by atoms with van der Waals surface area (Å²) >= 11 is 0. The Bertz CT molecular complexity index is 167. The van der Waals surface area contributed by atoms with Crippen molar-refractivity contribution in [1.82, 2.24) is 0 Å². The van der Waals surface area contributed by atoms with Gasteiger partial charge in [0.1, 0.15) is 6.34 Å². The van der Waals surface area contributed by atoms with Crippen LogP contribution in [0, 0.1) is 5.41 Å². The van der Waals surface area contributed by atoms with E-state index in [1.807, 2.05) is 0 Å². The number of aliphatic imine (C=N–C) groups is 2. The summed E-state index contributed by atoms with van der Waals surface area (Å²) in [5, 5.41) is 7.00. The summed E-state index contributed by atoms with van der Waals surface area (Å²) in [6.45, 7) is 0.304. The molecule has 1 rings (SSSR count). The Kier molecular flexibility index (Phi) is 1.17. The molecule has 0 bridgehead atoms. The predicted molar refractivity (Wildman–Crippen MR) is 32.7 cm³/mol. The van der Waals surface area contributed by atoms with Crippen molar-refractivity contribution in [1.29, 1.82) is 5.41 Å². The summed E-state index contributed by atoms with van der Waals surface area (Å²) < 4.78 is 0. The number of nitrogens with zero attached hydrogens (tertiary/aromatic N) is 2. The van der Waals surface area contributed by atoms with E-state index in [9.17, 15) is 0 Å². The van der Waals surface area contributed by atoms with Crippen LogP contribution in [0.15, 0.2) is 9.98 Å². The smallest absolute Gasteiger partial charge is 0.169 e. The molecule has 0 aromatic heterocycles. The number of hydrogen-bond acceptors (Lipinski definition) is 3. The van der Waals surface area contributed by atoms with Gasteiger partial charge >= 0.3 is 0 Å². The lowest BCUT2D eigenvalue weighted by molar-refractivity contribution is 1.32. The molecule has 0 unspecified atom stereocenters. The number of rotatable bonds is 1. The first-order chi connectivity index (χ1) is 3.84. The summed E-state index contributed by atoms with van der Waals surface area (Å²) in [4.78, 5) is 7.27. The zero-order valence-corrected chi connectivity index (χ0v) is 4.26. The molecule has 42 valence electrons.